The Morgan fingerprint density at radius 1 is 0.900 bits per heavy atom. The fourth-order valence-electron chi connectivity index (χ4n) is 4.01. The van der Waals surface area contributed by atoms with Crippen LogP contribution in [-0.2, 0) is 9.16 Å². The van der Waals surface area contributed by atoms with Gasteiger partial charge in [0, 0.05) is 23.8 Å². The molecule has 3 aromatic rings. The smallest absolute Gasteiger partial charge is 0.410 e. The van der Waals surface area contributed by atoms with E-state index >= 15 is 0 Å². The van der Waals surface area contributed by atoms with Gasteiger partial charge in [0.05, 0.1) is 12.6 Å². The number of nitrogens with one attached hydrogen (secondary N) is 1. The van der Waals surface area contributed by atoms with E-state index in [-0.39, 0.29) is 17.2 Å². The Morgan fingerprint density at radius 2 is 1.55 bits per heavy atom. The monoisotopic (exact) mass is 580 g/mol. The minimum absolute atomic E-state index is 0.00585. The summed E-state index contributed by atoms with van der Waals surface area (Å²) in [6.07, 6.45) is -0.702. The summed E-state index contributed by atoms with van der Waals surface area (Å²) in [5, 5.41) is 4.14. The number of nitrogens with zero attached hydrogens (tertiary/aromatic N) is 1. The molecule has 5 nitrogen and oxygen atoms in total. The highest BCUT2D eigenvalue weighted by Gasteiger charge is 2.40. The molecule has 0 spiro atoms. The average molecular weight is 581 g/mol. The lowest BCUT2D eigenvalue weighted by Gasteiger charge is -2.40. The first-order valence-corrected chi connectivity index (χ1v) is 17.2. The highest BCUT2D eigenvalue weighted by molar-refractivity contribution is 6.74. The maximum absolute atomic E-state index is 13.4. The Labute approximate surface area is 247 Å². The summed E-state index contributed by atoms with van der Waals surface area (Å²) in [6, 6.07) is 26.3. The number of hydrogen-bond acceptors (Lipinski definition) is 4. The molecule has 40 heavy (non-hydrogen) atoms. The van der Waals surface area contributed by atoms with Crippen molar-refractivity contribution in [2.45, 2.75) is 71.4 Å². The van der Waals surface area contributed by atoms with Crippen LogP contribution in [0.2, 0.25) is 23.2 Å². The lowest BCUT2D eigenvalue weighted by molar-refractivity contribution is 0.0165. The zero-order valence-electron chi connectivity index (χ0n) is 25.3. The number of benzene rings is 3. The van der Waals surface area contributed by atoms with Crippen LogP contribution >= 0.6 is 11.6 Å². The van der Waals surface area contributed by atoms with Crippen molar-refractivity contribution in [2.75, 3.05) is 25.0 Å². The van der Waals surface area contributed by atoms with Gasteiger partial charge in [0.2, 0.25) is 0 Å². The van der Waals surface area contributed by atoms with Gasteiger partial charge in [-0.15, -0.1) is 0 Å². The van der Waals surface area contributed by atoms with Gasteiger partial charge in [-0.2, -0.15) is 0 Å². The van der Waals surface area contributed by atoms with E-state index in [2.05, 4.69) is 63.4 Å². The van der Waals surface area contributed by atoms with Crippen molar-refractivity contribution in [1.82, 2.24) is 4.90 Å². The number of rotatable bonds is 10. The zero-order valence-corrected chi connectivity index (χ0v) is 27.0. The van der Waals surface area contributed by atoms with Crippen molar-refractivity contribution in [1.29, 1.82) is 0 Å². The molecule has 0 radical (unpaired) electrons. The van der Waals surface area contributed by atoms with Crippen LogP contribution < -0.4 is 5.32 Å². The zero-order chi connectivity index (χ0) is 29.6. The molecular weight excluding hydrogens is 536 g/mol. The molecule has 3 rings (SSSR count). The molecule has 1 N–H and O–H groups in total. The lowest BCUT2D eigenvalue weighted by Crippen LogP contribution is -2.46. The largest absolute Gasteiger partial charge is 0.444 e. The molecule has 3 aromatic carbocycles. The number of anilines is 1. The number of hydrogen-bond donors (Lipinski definition) is 1. The van der Waals surface area contributed by atoms with E-state index in [9.17, 15) is 4.79 Å². The summed E-state index contributed by atoms with van der Waals surface area (Å²) in [5.74, 6) is 0. The topological polar surface area (TPSA) is 50.8 Å². The van der Waals surface area contributed by atoms with Gasteiger partial charge in [-0.3, -0.25) is 0 Å². The van der Waals surface area contributed by atoms with Crippen molar-refractivity contribution in [2.24, 2.45) is 0 Å². The van der Waals surface area contributed by atoms with E-state index in [1.807, 2.05) is 75.4 Å². The minimum Gasteiger partial charge on any atom is -0.444 e. The third-order valence-electron chi connectivity index (χ3n) is 7.18. The van der Waals surface area contributed by atoms with Crippen molar-refractivity contribution in [3.8, 4) is 11.1 Å². The van der Waals surface area contributed by atoms with E-state index in [1.54, 1.807) is 4.90 Å². The van der Waals surface area contributed by atoms with Crippen molar-refractivity contribution >= 4 is 31.7 Å². The molecule has 0 aliphatic rings. The number of carbonyl (C=O) groups excluding carboxylic acids is 1. The first-order valence-electron chi connectivity index (χ1n) is 14.0. The van der Waals surface area contributed by atoms with Crippen LogP contribution in [0.15, 0.2) is 78.9 Å². The SMILES string of the molecule is CC(C)(C)OC(=O)N(CCNc1cccc(-c2ccccc2)c1)C[C@H](O[Si](C)(C)C(C)(C)C)c1cccc(Cl)c1. The van der Waals surface area contributed by atoms with E-state index < -0.39 is 13.9 Å². The average Bonchev–Trinajstić information content (AvgIpc) is 2.86. The first kappa shape index (κ1) is 31.7. The minimum atomic E-state index is -2.18. The molecular formula is C33H45ClN2O3Si. The maximum atomic E-state index is 13.4. The predicted molar refractivity (Wildman–Crippen MR) is 171 cm³/mol. The van der Waals surface area contributed by atoms with Gasteiger partial charge in [0.15, 0.2) is 8.32 Å². The second-order valence-corrected chi connectivity index (χ2v) is 17.9. The molecule has 0 aliphatic heterocycles. The lowest BCUT2D eigenvalue weighted by atomic mass is 10.1. The summed E-state index contributed by atoms with van der Waals surface area (Å²) in [4.78, 5) is 15.2. The fraction of sp³-hybridized carbons (Fsp3) is 0.424. The molecule has 0 heterocycles. The van der Waals surface area contributed by atoms with Crippen LogP contribution in [0.5, 0.6) is 0 Å². The third kappa shape index (κ3) is 9.39. The Balaban J connectivity index is 1.83. The first-order chi connectivity index (χ1) is 18.6. The molecule has 0 aromatic heterocycles. The number of ether oxygens (including phenoxy) is 1. The number of amides is 1. The van der Waals surface area contributed by atoms with Gasteiger partial charge in [-0.25, -0.2) is 4.79 Å². The summed E-state index contributed by atoms with van der Waals surface area (Å²) < 4.78 is 12.7. The third-order valence-corrected chi connectivity index (χ3v) is 11.9. The van der Waals surface area contributed by atoms with Gasteiger partial charge in [0.25, 0.3) is 0 Å². The molecule has 0 saturated heterocycles. The summed E-state index contributed by atoms with van der Waals surface area (Å²) in [7, 11) is -2.18. The number of carbonyl (C=O) groups is 1. The summed E-state index contributed by atoms with van der Waals surface area (Å²) in [6.45, 7) is 18.1. The second kappa shape index (κ2) is 13.2. The van der Waals surface area contributed by atoms with Crippen LogP contribution in [0, 0.1) is 0 Å². The van der Waals surface area contributed by atoms with Crippen LogP contribution in [-0.4, -0.2) is 44.5 Å². The molecule has 1 amide bonds. The summed E-state index contributed by atoms with van der Waals surface area (Å²) in [5.41, 5.74) is 3.63. The van der Waals surface area contributed by atoms with Crippen molar-refractivity contribution in [3.63, 3.8) is 0 Å². The molecule has 7 heteroatoms. The van der Waals surface area contributed by atoms with Gasteiger partial charge >= 0.3 is 6.09 Å². The fourth-order valence-corrected chi connectivity index (χ4v) is 5.48. The van der Waals surface area contributed by atoms with Crippen LogP contribution in [0.25, 0.3) is 11.1 Å². The standard InChI is InChI=1S/C33H45ClN2O3Si/c1-32(2,3)38-31(37)36(21-20-35-29-19-13-16-26(23-29)25-14-10-9-11-15-25)24-30(27-17-12-18-28(34)22-27)39-40(7,8)33(4,5)6/h9-19,22-23,30,35H,20-21,24H2,1-8H3/t30-/m0/s1. The van der Waals surface area contributed by atoms with Gasteiger partial charge in [-0.05, 0) is 79.9 Å². The molecule has 216 valence electrons. The van der Waals surface area contributed by atoms with Crippen molar-refractivity contribution < 1.29 is 14.0 Å². The van der Waals surface area contributed by atoms with E-state index in [1.165, 1.54) is 0 Å². The van der Waals surface area contributed by atoms with Crippen LogP contribution in [0.4, 0.5) is 10.5 Å². The Morgan fingerprint density at radius 3 is 2.17 bits per heavy atom. The molecule has 0 saturated carbocycles. The van der Waals surface area contributed by atoms with Gasteiger partial charge < -0.3 is 19.4 Å². The molecule has 0 unspecified atom stereocenters. The van der Waals surface area contributed by atoms with E-state index in [0.29, 0.717) is 24.7 Å². The van der Waals surface area contributed by atoms with Crippen LogP contribution in [0.3, 0.4) is 0 Å². The molecule has 0 fully saturated rings. The van der Waals surface area contributed by atoms with Gasteiger partial charge in [0.1, 0.15) is 5.60 Å². The molecule has 1 atom stereocenters. The normalized spacial score (nSPS) is 13.0. The highest BCUT2D eigenvalue weighted by atomic mass is 35.5. The van der Waals surface area contributed by atoms with Gasteiger partial charge in [-0.1, -0.05) is 87.0 Å². The Hall–Kier alpha value is -2.80. The van der Waals surface area contributed by atoms with Crippen LogP contribution in [0.1, 0.15) is 53.2 Å². The van der Waals surface area contributed by atoms with E-state index in [4.69, 9.17) is 20.8 Å². The van der Waals surface area contributed by atoms with Crippen molar-refractivity contribution in [3.05, 3.63) is 89.4 Å². The van der Waals surface area contributed by atoms with E-state index in [0.717, 1.165) is 22.4 Å². The Kier molecular flexibility index (Phi) is 10.5. The maximum Gasteiger partial charge on any atom is 0.410 e. The summed E-state index contributed by atoms with van der Waals surface area (Å²) >= 11 is 6.39. The highest BCUT2D eigenvalue weighted by Crippen LogP contribution is 2.40. The number of halogens is 1. The molecule has 0 aliphatic carbocycles. The predicted octanol–water partition coefficient (Wildman–Crippen LogP) is 9.42. The quantitative estimate of drug-likeness (QED) is 0.243. The second-order valence-electron chi connectivity index (χ2n) is 12.7. The molecule has 0 bridgehead atoms. The Bertz CT molecular complexity index is 1250.